The number of aromatic nitrogens is 1. The Kier molecular flexibility index (Phi) is 20.9. The largest absolute Gasteiger partial charge is 0.481 e. The normalized spacial score (nSPS) is 14.5. The third-order valence-electron chi connectivity index (χ3n) is 12.2. The maximum atomic E-state index is 14.4. The second-order valence-corrected chi connectivity index (χ2v) is 17.4. The lowest BCUT2D eigenvalue weighted by Crippen LogP contribution is -2.61. The molecule has 6 amide bonds. The summed E-state index contributed by atoms with van der Waals surface area (Å²) in [5, 5.41) is 36.6. The lowest BCUT2D eigenvalue weighted by atomic mass is 9.84. The number of carbonyl (C=O) groups is 8. The number of rotatable bonds is 27. The summed E-state index contributed by atoms with van der Waals surface area (Å²) in [5.41, 5.74) is 13.8. The van der Waals surface area contributed by atoms with Crippen molar-refractivity contribution >= 4 is 64.2 Å². The van der Waals surface area contributed by atoms with Gasteiger partial charge in [-0.15, -0.1) is 0 Å². The van der Waals surface area contributed by atoms with Crippen LogP contribution in [-0.2, 0) is 44.8 Å². The van der Waals surface area contributed by atoms with Gasteiger partial charge < -0.3 is 58.6 Å². The molecule has 0 aliphatic rings. The van der Waals surface area contributed by atoms with E-state index >= 15 is 0 Å². The molecule has 1 aromatic heterocycles. The number of aromatic amines is 1. The molecule has 8 atom stereocenters. The molecule has 20 heteroatoms. The monoisotopic (exact) mass is 966 g/mol. The molecule has 0 fully saturated rings. The number of carboxylic acids is 2. The fourth-order valence-corrected chi connectivity index (χ4v) is 7.99. The predicted octanol–water partition coefficient (Wildman–Crippen LogP) is 2.18. The van der Waals surface area contributed by atoms with Gasteiger partial charge in [-0.05, 0) is 47.4 Å². The molecule has 0 aliphatic heterocycles. The van der Waals surface area contributed by atoms with Gasteiger partial charge in [-0.25, -0.2) is 4.79 Å². The molecular formula is C50H66N10O10. The average molecular weight is 967 g/mol. The number of hydrogen-bond donors (Lipinski definition) is 11. The number of fused-ring (bicyclic) bond motifs is 1. The van der Waals surface area contributed by atoms with Gasteiger partial charge in [0.05, 0.1) is 6.42 Å². The highest BCUT2D eigenvalue weighted by molar-refractivity contribution is 5.98. The van der Waals surface area contributed by atoms with Crippen molar-refractivity contribution in [2.24, 2.45) is 28.3 Å². The number of nitrogens with zero attached hydrogens (tertiary/aromatic N) is 1. The number of aliphatic carboxylic acids is 2. The van der Waals surface area contributed by atoms with E-state index in [4.69, 9.17) is 11.5 Å². The molecule has 0 aliphatic carbocycles. The molecule has 0 unspecified atom stereocenters. The van der Waals surface area contributed by atoms with Gasteiger partial charge in [0.15, 0.2) is 5.96 Å². The van der Waals surface area contributed by atoms with Crippen LogP contribution in [0.4, 0.5) is 0 Å². The summed E-state index contributed by atoms with van der Waals surface area (Å²) in [6.45, 7) is 8.17. The van der Waals surface area contributed by atoms with Gasteiger partial charge in [0.25, 0.3) is 0 Å². The maximum absolute atomic E-state index is 14.4. The first-order valence-electron chi connectivity index (χ1n) is 23.3. The summed E-state index contributed by atoms with van der Waals surface area (Å²) in [5.74, 6) is -9.75. The Morgan fingerprint density at radius 3 is 1.63 bits per heavy atom. The SMILES string of the molecule is CC[C@H](C)[C@H](NC(=O)[C@H](CC(=O)O)NC(=O)[C@H](CCCN=C(N)N)NC(=O)[C@@H](NC(C)=O)C(c1ccccc1)c1ccccc1)C(=O)N[C@H](C(=O)N[C@@H](Cc1c[nH]c2ccccc12)C(=O)O)[C@@H](C)CC. The van der Waals surface area contributed by atoms with Gasteiger partial charge in [0.2, 0.25) is 35.4 Å². The van der Waals surface area contributed by atoms with E-state index in [1.165, 1.54) is 6.92 Å². The number of H-pyrrole nitrogens is 1. The van der Waals surface area contributed by atoms with Crippen LogP contribution in [0.5, 0.6) is 0 Å². The fraction of sp³-hybridized carbons (Fsp3) is 0.420. The minimum Gasteiger partial charge on any atom is -0.481 e. The number of benzene rings is 3. The van der Waals surface area contributed by atoms with Crippen LogP contribution in [0, 0.1) is 11.8 Å². The van der Waals surface area contributed by atoms with Crippen molar-refractivity contribution in [1.82, 2.24) is 36.9 Å². The number of carbonyl (C=O) groups excluding carboxylic acids is 6. The summed E-state index contributed by atoms with van der Waals surface area (Å²) >= 11 is 0. The zero-order valence-electron chi connectivity index (χ0n) is 40.1. The number of nitrogens with one attached hydrogen (secondary N) is 7. The van der Waals surface area contributed by atoms with Crippen LogP contribution in [0.25, 0.3) is 10.9 Å². The first-order chi connectivity index (χ1) is 33.3. The molecule has 0 bridgehead atoms. The third-order valence-corrected chi connectivity index (χ3v) is 12.2. The Labute approximate surface area is 406 Å². The molecular weight excluding hydrogens is 901 g/mol. The molecule has 0 spiro atoms. The van der Waals surface area contributed by atoms with Crippen LogP contribution in [-0.4, -0.2) is 111 Å². The molecule has 4 aromatic rings. The van der Waals surface area contributed by atoms with Gasteiger partial charge in [-0.3, -0.25) is 38.6 Å². The molecule has 1 heterocycles. The summed E-state index contributed by atoms with van der Waals surface area (Å²) in [6.07, 6.45) is 1.41. The van der Waals surface area contributed by atoms with E-state index in [-0.39, 0.29) is 31.8 Å². The summed E-state index contributed by atoms with van der Waals surface area (Å²) in [7, 11) is 0. The van der Waals surface area contributed by atoms with Crippen LogP contribution >= 0.6 is 0 Å². The first kappa shape index (κ1) is 54.8. The molecule has 20 nitrogen and oxygen atoms in total. The van der Waals surface area contributed by atoms with Gasteiger partial charge in [-0.1, -0.05) is 119 Å². The molecule has 13 N–H and O–H groups in total. The van der Waals surface area contributed by atoms with Crippen molar-refractivity contribution in [2.45, 2.75) is 115 Å². The summed E-state index contributed by atoms with van der Waals surface area (Å²) in [4.78, 5) is 115. The number of nitrogens with two attached hydrogens (primary N) is 2. The highest BCUT2D eigenvalue weighted by atomic mass is 16.4. The van der Waals surface area contributed by atoms with Gasteiger partial charge >= 0.3 is 11.9 Å². The quantitative estimate of drug-likeness (QED) is 0.0233. The lowest BCUT2D eigenvalue weighted by molar-refractivity contribution is -0.142. The Hall–Kier alpha value is -7.77. The number of hydrogen-bond acceptors (Lipinski definition) is 9. The minimum atomic E-state index is -1.79. The summed E-state index contributed by atoms with van der Waals surface area (Å²) < 4.78 is 0. The van der Waals surface area contributed by atoms with Gasteiger partial charge in [0, 0.05) is 42.9 Å². The van der Waals surface area contributed by atoms with Crippen LogP contribution in [0.3, 0.4) is 0 Å². The first-order valence-corrected chi connectivity index (χ1v) is 23.3. The van der Waals surface area contributed by atoms with Crippen molar-refractivity contribution < 1.29 is 48.6 Å². The van der Waals surface area contributed by atoms with Crippen molar-refractivity contribution in [3.8, 4) is 0 Å². The second kappa shape index (κ2) is 26.7. The van der Waals surface area contributed by atoms with Crippen LogP contribution < -0.4 is 43.4 Å². The van der Waals surface area contributed by atoms with Crippen molar-refractivity contribution in [1.29, 1.82) is 0 Å². The number of amides is 6. The molecule has 376 valence electrons. The van der Waals surface area contributed by atoms with E-state index in [1.807, 2.05) is 24.3 Å². The maximum Gasteiger partial charge on any atom is 0.326 e. The minimum absolute atomic E-state index is 0.0369. The predicted molar refractivity (Wildman–Crippen MR) is 263 cm³/mol. The van der Waals surface area contributed by atoms with Crippen LogP contribution in [0.1, 0.15) is 89.3 Å². The molecule has 3 aromatic carbocycles. The van der Waals surface area contributed by atoms with Crippen LogP contribution in [0.15, 0.2) is 96.1 Å². The van der Waals surface area contributed by atoms with Gasteiger partial charge in [0.1, 0.15) is 36.3 Å². The van der Waals surface area contributed by atoms with Crippen LogP contribution in [0.2, 0.25) is 0 Å². The van der Waals surface area contributed by atoms with Crippen molar-refractivity contribution in [3.05, 3.63) is 108 Å². The number of para-hydroxylation sites is 1. The molecule has 0 saturated carbocycles. The Bertz CT molecular complexity index is 2420. The van der Waals surface area contributed by atoms with E-state index in [0.717, 1.165) is 10.9 Å². The van der Waals surface area contributed by atoms with Crippen molar-refractivity contribution in [3.63, 3.8) is 0 Å². The molecule has 4 rings (SSSR count). The average Bonchev–Trinajstić information content (AvgIpc) is 3.74. The molecule has 0 radical (unpaired) electrons. The van der Waals surface area contributed by atoms with Crippen molar-refractivity contribution in [2.75, 3.05) is 6.54 Å². The molecule has 0 saturated heterocycles. The zero-order chi connectivity index (χ0) is 51.5. The topological polar surface area (TPSA) is 329 Å². The van der Waals surface area contributed by atoms with E-state index in [9.17, 15) is 48.6 Å². The summed E-state index contributed by atoms with van der Waals surface area (Å²) in [6, 6.07) is 16.7. The fourth-order valence-electron chi connectivity index (χ4n) is 7.99. The zero-order valence-corrected chi connectivity index (χ0v) is 40.1. The molecule has 70 heavy (non-hydrogen) atoms. The lowest BCUT2D eigenvalue weighted by Gasteiger charge is -2.31. The number of carboxylic acid groups (broad SMARTS) is 2. The Morgan fingerprint density at radius 1 is 0.614 bits per heavy atom. The third kappa shape index (κ3) is 15.9. The highest BCUT2D eigenvalue weighted by Gasteiger charge is 2.38. The standard InChI is InChI=1S/C50H66N10O10/c1-6-28(3)41(46(66)58-38(49(69)70)25-33-27-54-35-22-15-14-21-34(33)35)60-47(67)42(29(4)7-2)59-45(65)37(26-39(62)63)57-44(64)36(23-16-24-53-50(51)52)56-48(68)43(55-30(5)61)40(31-17-10-8-11-18-31)32-19-12-9-13-20-32/h8-15,17-22,27-29,36-38,40-43,54H,6-7,16,23-26H2,1-5H3,(H,55,61)(H,56,68)(H,57,64)(H,58,66)(H,59,65)(H,60,67)(H,62,63)(H,69,70)(H4,51,52,53)/t28-,29-,36-,37-,38-,41-,42-,43-/m0/s1. The van der Waals surface area contributed by atoms with E-state index in [2.05, 4.69) is 41.9 Å². The smallest absolute Gasteiger partial charge is 0.326 e. The Morgan fingerprint density at radius 2 is 1.10 bits per heavy atom. The van der Waals surface area contributed by atoms with E-state index < -0.39 is 108 Å². The Balaban J connectivity index is 1.59. The highest BCUT2D eigenvalue weighted by Crippen LogP contribution is 2.29. The van der Waals surface area contributed by atoms with E-state index in [1.54, 1.807) is 94.6 Å². The number of guanidine groups is 1. The van der Waals surface area contributed by atoms with E-state index in [0.29, 0.717) is 29.5 Å². The van der Waals surface area contributed by atoms with Gasteiger partial charge in [-0.2, -0.15) is 0 Å². The second-order valence-electron chi connectivity index (χ2n) is 17.4. The number of aliphatic imine (C=N–C) groups is 1.